The van der Waals surface area contributed by atoms with Crippen molar-refractivity contribution in [2.24, 2.45) is 5.92 Å². The quantitative estimate of drug-likeness (QED) is 0.520. The minimum absolute atomic E-state index is 0.0573. The first-order valence-corrected chi connectivity index (χ1v) is 6.99. The van der Waals surface area contributed by atoms with Crippen LogP contribution < -0.4 is 10.6 Å². The molecule has 1 aliphatic heterocycles. The number of aliphatic hydroxyl groups excluding tert-OH is 1. The normalized spacial score (nSPS) is 19.7. The summed E-state index contributed by atoms with van der Waals surface area (Å²) in [7, 11) is 0. The van der Waals surface area contributed by atoms with E-state index in [4.69, 9.17) is 9.84 Å². The zero-order valence-electron chi connectivity index (χ0n) is 11.1. The first-order chi connectivity index (χ1) is 8.83. The molecule has 0 aliphatic carbocycles. The van der Waals surface area contributed by atoms with Crippen LogP contribution in [0.4, 0.5) is 0 Å². The third kappa shape index (κ3) is 7.63. The van der Waals surface area contributed by atoms with Gasteiger partial charge in [0.05, 0.1) is 13.2 Å². The number of ether oxygens (including phenoxy) is 1. The summed E-state index contributed by atoms with van der Waals surface area (Å²) in [6.07, 6.45) is 4.89. The molecule has 1 unspecified atom stereocenters. The number of rotatable bonds is 9. The van der Waals surface area contributed by atoms with Crippen LogP contribution in [-0.2, 0) is 9.53 Å². The summed E-state index contributed by atoms with van der Waals surface area (Å²) in [5.74, 6) is 0.806. The molecule has 3 N–H and O–H groups in total. The summed E-state index contributed by atoms with van der Waals surface area (Å²) in [6.45, 7) is 3.86. The highest BCUT2D eigenvalue weighted by Gasteiger charge is 2.13. The molecule has 1 atom stereocenters. The minimum atomic E-state index is 0.0573. The maximum Gasteiger partial charge on any atom is 0.220 e. The van der Waals surface area contributed by atoms with Crippen molar-refractivity contribution in [1.29, 1.82) is 0 Å². The highest BCUT2D eigenvalue weighted by Crippen LogP contribution is 2.15. The van der Waals surface area contributed by atoms with Gasteiger partial charge in [-0.15, -0.1) is 0 Å². The van der Waals surface area contributed by atoms with Gasteiger partial charge in [-0.25, -0.2) is 0 Å². The number of carbonyl (C=O) groups is 1. The van der Waals surface area contributed by atoms with Crippen LogP contribution in [0.5, 0.6) is 0 Å². The van der Waals surface area contributed by atoms with Gasteiger partial charge in [0.15, 0.2) is 0 Å². The van der Waals surface area contributed by atoms with Crippen molar-refractivity contribution >= 4 is 5.91 Å². The summed E-state index contributed by atoms with van der Waals surface area (Å²) in [5.41, 5.74) is 0. The minimum Gasteiger partial charge on any atom is -0.394 e. The van der Waals surface area contributed by atoms with E-state index in [-0.39, 0.29) is 12.5 Å². The summed E-state index contributed by atoms with van der Waals surface area (Å²) in [6, 6.07) is 0. The summed E-state index contributed by atoms with van der Waals surface area (Å²) < 4.78 is 5.11. The molecule has 0 aromatic rings. The van der Waals surface area contributed by atoms with Gasteiger partial charge >= 0.3 is 0 Å². The van der Waals surface area contributed by atoms with Crippen LogP contribution in [0.3, 0.4) is 0 Å². The monoisotopic (exact) mass is 258 g/mol. The highest BCUT2D eigenvalue weighted by atomic mass is 16.5. The Balaban J connectivity index is 1.90. The number of carbonyl (C=O) groups excluding carboxylic acids is 1. The number of hydrogen-bond donors (Lipinski definition) is 3. The van der Waals surface area contributed by atoms with E-state index in [1.165, 1.54) is 12.8 Å². The number of amides is 1. The van der Waals surface area contributed by atoms with Crippen molar-refractivity contribution in [3.63, 3.8) is 0 Å². The Morgan fingerprint density at radius 1 is 1.44 bits per heavy atom. The second-order valence-electron chi connectivity index (χ2n) is 4.79. The predicted octanol–water partition coefficient (Wildman–Crippen LogP) is 0.281. The second-order valence-corrected chi connectivity index (χ2v) is 4.79. The molecule has 106 valence electrons. The molecule has 1 aliphatic rings. The van der Waals surface area contributed by atoms with Gasteiger partial charge in [-0.2, -0.15) is 0 Å². The molecule has 5 heteroatoms. The SMILES string of the molecule is O=C(CCC1CCCNC1)NCCCOCCO. The van der Waals surface area contributed by atoms with Crippen LogP contribution in [-0.4, -0.2) is 50.5 Å². The predicted molar refractivity (Wildman–Crippen MR) is 70.4 cm³/mol. The van der Waals surface area contributed by atoms with E-state index >= 15 is 0 Å². The van der Waals surface area contributed by atoms with Crippen LogP contribution in [0.2, 0.25) is 0 Å². The molecule has 0 aromatic heterocycles. The van der Waals surface area contributed by atoms with Crippen molar-refractivity contribution in [3.05, 3.63) is 0 Å². The van der Waals surface area contributed by atoms with E-state index in [9.17, 15) is 4.79 Å². The van der Waals surface area contributed by atoms with Gasteiger partial charge in [0, 0.05) is 19.6 Å². The fourth-order valence-corrected chi connectivity index (χ4v) is 2.16. The average molecular weight is 258 g/mol. The van der Waals surface area contributed by atoms with Crippen molar-refractivity contribution in [3.8, 4) is 0 Å². The largest absolute Gasteiger partial charge is 0.394 e. The third-order valence-corrected chi connectivity index (χ3v) is 3.20. The lowest BCUT2D eigenvalue weighted by Crippen LogP contribution is -2.31. The van der Waals surface area contributed by atoms with E-state index in [0.29, 0.717) is 32.1 Å². The summed E-state index contributed by atoms with van der Waals surface area (Å²) in [4.78, 5) is 11.6. The summed E-state index contributed by atoms with van der Waals surface area (Å²) in [5, 5.41) is 14.8. The van der Waals surface area contributed by atoms with E-state index in [2.05, 4.69) is 10.6 Å². The molecule has 0 spiro atoms. The Morgan fingerprint density at radius 2 is 2.33 bits per heavy atom. The summed E-state index contributed by atoms with van der Waals surface area (Å²) >= 11 is 0. The lowest BCUT2D eigenvalue weighted by atomic mass is 9.94. The molecule has 5 nitrogen and oxygen atoms in total. The first-order valence-electron chi connectivity index (χ1n) is 6.99. The van der Waals surface area contributed by atoms with Crippen LogP contribution in [0.25, 0.3) is 0 Å². The lowest BCUT2D eigenvalue weighted by molar-refractivity contribution is -0.121. The van der Waals surface area contributed by atoms with Crippen molar-refractivity contribution in [2.75, 3.05) is 39.5 Å². The van der Waals surface area contributed by atoms with Crippen LogP contribution in [0.15, 0.2) is 0 Å². The molecule has 1 rings (SSSR count). The molecule has 0 radical (unpaired) electrons. The Kier molecular flexibility index (Phi) is 8.81. The smallest absolute Gasteiger partial charge is 0.220 e. The topological polar surface area (TPSA) is 70.6 Å². The van der Waals surface area contributed by atoms with Crippen LogP contribution in [0.1, 0.15) is 32.1 Å². The zero-order chi connectivity index (χ0) is 13.1. The fraction of sp³-hybridized carbons (Fsp3) is 0.923. The van der Waals surface area contributed by atoms with Crippen molar-refractivity contribution in [1.82, 2.24) is 10.6 Å². The first kappa shape index (κ1) is 15.4. The van der Waals surface area contributed by atoms with E-state index in [1.807, 2.05) is 0 Å². The molecule has 1 saturated heterocycles. The zero-order valence-corrected chi connectivity index (χ0v) is 11.1. The molecule has 18 heavy (non-hydrogen) atoms. The molecular formula is C13H26N2O3. The highest BCUT2D eigenvalue weighted by molar-refractivity contribution is 5.75. The Labute approximate surface area is 109 Å². The van der Waals surface area contributed by atoms with Crippen molar-refractivity contribution < 1.29 is 14.6 Å². The second kappa shape index (κ2) is 10.3. The number of piperidine rings is 1. The van der Waals surface area contributed by atoms with Crippen LogP contribution >= 0.6 is 0 Å². The van der Waals surface area contributed by atoms with Crippen LogP contribution in [0, 0.1) is 5.92 Å². The van der Waals surface area contributed by atoms with Gasteiger partial charge in [-0.05, 0) is 44.7 Å². The molecule has 0 saturated carbocycles. The molecule has 1 fully saturated rings. The maximum atomic E-state index is 11.6. The van der Waals surface area contributed by atoms with E-state index in [1.54, 1.807) is 0 Å². The van der Waals surface area contributed by atoms with Gasteiger partial charge in [0.25, 0.3) is 0 Å². The van der Waals surface area contributed by atoms with E-state index in [0.717, 1.165) is 25.9 Å². The van der Waals surface area contributed by atoms with E-state index < -0.39 is 0 Å². The number of nitrogens with one attached hydrogen (secondary N) is 2. The Bertz CT molecular complexity index is 218. The van der Waals surface area contributed by atoms with Gasteiger partial charge in [-0.1, -0.05) is 0 Å². The average Bonchev–Trinajstić information content (AvgIpc) is 2.41. The molecule has 1 heterocycles. The number of hydrogen-bond acceptors (Lipinski definition) is 4. The molecule has 1 amide bonds. The van der Waals surface area contributed by atoms with Gasteiger partial charge in [-0.3, -0.25) is 4.79 Å². The number of aliphatic hydroxyl groups is 1. The standard InChI is InChI=1S/C13H26N2O3/c16-8-10-18-9-2-7-15-13(17)5-4-12-3-1-6-14-11-12/h12,14,16H,1-11H2,(H,15,17). The van der Waals surface area contributed by atoms with Gasteiger partial charge in [0.2, 0.25) is 5.91 Å². The Morgan fingerprint density at radius 3 is 3.06 bits per heavy atom. The molecule has 0 bridgehead atoms. The Hall–Kier alpha value is -0.650. The van der Waals surface area contributed by atoms with Gasteiger partial charge < -0.3 is 20.5 Å². The van der Waals surface area contributed by atoms with Gasteiger partial charge in [0.1, 0.15) is 0 Å². The molecular weight excluding hydrogens is 232 g/mol. The maximum absolute atomic E-state index is 11.6. The third-order valence-electron chi connectivity index (χ3n) is 3.20. The fourth-order valence-electron chi connectivity index (χ4n) is 2.16. The molecule has 0 aromatic carbocycles. The lowest BCUT2D eigenvalue weighted by Gasteiger charge is -2.22. The van der Waals surface area contributed by atoms with Crippen molar-refractivity contribution in [2.45, 2.75) is 32.1 Å².